The summed E-state index contributed by atoms with van der Waals surface area (Å²) in [6, 6.07) is 9.22. The number of hydrogen-bond donors (Lipinski definition) is 1. The van der Waals surface area contributed by atoms with Gasteiger partial charge in [-0.25, -0.2) is 0 Å². The topological polar surface area (TPSA) is 12.0 Å². The third kappa shape index (κ3) is 2.85. The summed E-state index contributed by atoms with van der Waals surface area (Å²) >= 11 is 3.88. The van der Waals surface area contributed by atoms with Crippen molar-refractivity contribution in [3.05, 3.63) is 24.3 Å². The van der Waals surface area contributed by atoms with Crippen LogP contribution in [0.4, 0.5) is 5.69 Å². The highest BCUT2D eigenvalue weighted by Gasteiger charge is 2.21. The lowest BCUT2D eigenvalue weighted by molar-refractivity contribution is 0.745. The highest BCUT2D eigenvalue weighted by Crippen LogP contribution is 2.31. The van der Waals surface area contributed by atoms with E-state index in [1.165, 1.54) is 22.8 Å². The molecule has 1 fully saturated rings. The van der Waals surface area contributed by atoms with E-state index in [1.807, 2.05) is 11.8 Å². The SMILES string of the molecule is CSc1ccccc1NC1CSC(C)C1. The zero-order chi connectivity index (χ0) is 10.7. The maximum atomic E-state index is 3.65. The number of thioether (sulfide) groups is 2. The lowest BCUT2D eigenvalue weighted by Crippen LogP contribution is -2.19. The average Bonchev–Trinajstić information content (AvgIpc) is 2.65. The van der Waals surface area contributed by atoms with Gasteiger partial charge in [0.2, 0.25) is 0 Å². The largest absolute Gasteiger partial charge is 0.381 e. The van der Waals surface area contributed by atoms with Gasteiger partial charge in [0.25, 0.3) is 0 Å². The number of nitrogens with one attached hydrogen (secondary N) is 1. The fraction of sp³-hybridized carbons (Fsp3) is 0.500. The van der Waals surface area contributed by atoms with Gasteiger partial charge in [0.05, 0.1) is 0 Å². The fourth-order valence-electron chi connectivity index (χ4n) is 1.90. The Kier molecular flexibility index (Phi) is 3.87. The second-order valence-electron chi connectivity index (χ2n) is 3.92. The molecule has 1 aromatic rings. The van der Waals surface area contributed by atoms with Gasteiger partial charge in [0.1, 0.15) is 0 Å². The summed E-state index contributed by atoms with van der Waals surface area (Å²) in [6.07, 6.45) is 3.42. The first-order valence-corrected chi connectivity index (χ1v) is 7.58. The van der Waals surface area contributed by atoms with Crippen molar-refractivity contribution in [3.8, 4) is 0 Å². The van der Waals surface area contributed by atoms with Gasteiger partial charge in [-0.05, 0) is 24.8 Å². The van der Waals surface area contributed by atoms with Gasteiger partial charge < -0.3 is 5.32 Å². The van der Waals surface area contributed by atoms with E-state index in [2.05, 4.69) is 54.5 Å². The van der Waals surface area contributed by atoms with E-state index in [-0.39, 0.29) is 0 Å². The first kappa shape index (κ1) is 11.2. The number of rotatable bonds is 3. The molecule has 2 atom stereocenters. The van der Waals surface area contributed by atoms with Crippen LogP contribution in [0.25, 0.3) is 0 Å². The van der Waals surface area contributed by atoms with Crippen LogP contribution >= 0.6 is 23.5 Å². The van der Waals surface area contributed by atoms with Crippen molar-refractivity contribution in [1.82, 2.24) is 0 Å². The van der Waals surface area contributed by atoms with E-state index in [1.54, 1.807) is 0 Å². The molecule has 1 aliphatic heterocycles. The Balaban J connectivity index is 2.04. The molecule has 1 N–H and O–H groups in total. The van der Waals surface area contributed by atoms with Crippen molar-refractivity contribution < 1.29 is 0 Å². The van der Waals surface area contributed by atoms with E-state index < -0.39 is 0 Å². The lowest BCUT2D eigenvalue weighted by Gasteiger charge is -2.15. The van der Waals surface area contributed by atoms with Crippen molar-refractivity contribution in [2.45, 2.75) is 29.5 Å². The molecular formula is C12H17NS2. The molecule has 1 saturated heterocycles. The predicted octanol–water partition coefficient (Wildman–Crippen LogP) is 3.71. The summed E-state index contributed by atoms with van der Waals surface area (Å²) in [5.41, 5.74) is 1.30. The standard InChI is InChI=1S/C12H17NS2/c1-9-7-10(8-15-9)13-11-5-3-4-6-12(11)14-2/h3-6,9-10,13H,7-8H2,1-2H3. The zero-order valence-corrected chi connectivity index (χ0v) is 10.8. The Bertz CT molecular complexity index is 327. The van der Waals surface area contributed by atoms with Gasteiger partial charge in [-0.2, -0.15) is 11.8 Å². The summed E-state index contributed by atoms with van der Waals surface area (Å²) in [5.74, 6) is 1.24. The van der Waals surface area contributed by atoms with Crippen LogP contribution < -0.4 is 5.32 Å². The van der Waals surface area contributed by atoms with Crippen LogP contribution in [0.2, 0.25) is 0 Å². The smallest absolute Gasteiger partial charge is 0.0480 e. The van der Waals surface area contributed by atoms with Gasteiger partial charge in [-0.3, -0.25) is 0 Å². The predicted molar refractivity (Wildman–Crippen MR) is 72.2 cm³/mol. The summed E-state index contributed by atoms with van der Waals surface area (Å²) in [5, 5.41) is 4.46. The molecule has 2 unspecified atom stereocenters. The Labute approximate surface area is 100 Å². The molecule has 1 heterocycles. The maximum absolute atomic E-state index is 3.65. The molecule has 82 valence electrons. The van der Waals surface area contributed by atoms with Crippen LogP contribution in [0.5, 0.6) is 0 Å². The Morgan fingerprint density at radius 1 is 1.40 bits per heavy atom. The number of benzene rings is 1. The molecule has 0 spiro atoms. The van der Waals surface area contributed by atoms with Gasteiger partial charge in [0, 0.05) is 27.6 Å². The minimum atomic E-state index is 0.651. The van der Waals surface area contributed by atoms with E-state index in [0.717, 1.165) is 5.25 Å². The Morgan fingerprint density at radius 2 is 2.20 bits per heavy atom. The lowest BCUT2D eigenvalue weighted by atomic mass is 10.2. The minimum absolute atomic E-state index is 0.651. The van der Waals surface area contributed by atoms with Gasteiger partial charge in [-0.15, -0.1) is 11.8 Å². The van der Waals surface area contributed by atoms with Crippen LogP contribution in [-0.4, -0.2) is 23.3 Å². The van der Waals surface area contributed by atoms with Crippen LogP contribution in [0.1, 0.15) is 13.3 Å². The highest BCUT2D eigenvalue weighted by molar-refractivity contribution is 8.00. The summed E-state index contributed by atoms with van der Waals surface area (Å²) in [6.45, 7) is 2.31. The zero-order valence-electron chi connectivity index (χ0n) is 9.19. The third-order valence-electron chi connectivity index (χ3n) is 2.66. The second kappa shape index (κ2) is 5.17. The van der Waals surface area contributed by atoms with Crippen molar-refractivity contribution in [2.24, 2.45) is 0 Å². The molecule has 0 aliphatic carbocycles. The van der Waals surface area contributed by atoms with Crippen LogP contribution in [0, 0.1) is 0 Å². The summed E-state index contributed by atoms with van der Waals surface area (Å²) in [7, 11) is 0. The van der Waals surface area contributed by atoms with Gasteiger partial charge in [0.15, 0.2) is 0 Å². The molecule has 0 aromatic heterocycles. The Hall–Kier alpha value is -0.280. The second-order valence-corrected chi connectivity index (χ2v) is 6.24. The van der Waals surface area contributed by atoms with Crippen molar-refractivity contribution in [3.63, 3.8) is 0 Å². The monoisotopic (exact) mass is 239 g/mol. The van der Waals surface area contributed by atoms with E-state index >= 15 is 0 Å². The van der Waals surface area contributed by atoms with E-state index in [9.17, 15) is 0 Å². The van der Waals surface area contributed by atoms with Gasteiger partial charge >= 0.3 is 0 Å². The van der Waals surface area contributed by atoms with Crippen molar-refractivity contribution in [2.75, 3.05) is 17.3 Å². The molecule has 1 aliphatic rings. The molecule has 3 heteroatoms. The van der Waals surface area contributed by atoms with Crippen LogP contribution in [-0.2, 0) is 0 Å². The first-order chi connectivity index (χ1) is 7.29. The quantitative estimate of drug-likeness (QED) is 0.808. The van der Waals surface area contributed by atoms with Crippen molar-refractivity contribution >= 4 is 29.2 Å². The van der Waals surface area contributed by atoms with Gasteiger partial charge in [-0.1, -0.05) is 19.1 Å². The summed E-state index contributed by atoms with van der Waals surface area (Å²) < 4.78 is 0. The maximum Gasteiger partial charge on any atom is 0.0480 e. The fourth-order valence-corrected chi connectivity index (χ4v) is 3.61. The van der Waals surface area contributed by atoms with Crippen molar-refractivity contribution in [1.29, 1.82) is 0 Å². The average molecular weight is 239 g/mol. The molecule has 1 aromatic carbocycles. The molecule has 0 saturated carbocycles. The van der Waals surface area contributed by atoms with Crippen LogP contribution in [0.15, 0.2) is 29.2 Å². The number of hydrogen-bond acceptors (Lipinski definition) is 3. The molecular weight excluding hydrogens is 222 g/mol. The molecule has 0 amide bonds. The minimum Gasteiger partial charge on any atom is -0.381 e. The number of anilines is 1. The van der Waals surface area contributed by atoms with E-state index in [0.29, 0.717) is 6.04 Å². The molecule has 2 rings (SSSR count). The Morgan fingerprint density at radius 3 is 2.87 bits per heavy atom. The normalized spacial score (nSPS) is 25.5. The first-order valence-electron chi connectivity index (χ1n) is 5.30. The van der Waals surface area contributed by atoms with E-state index in [4.69, 9.17) is 0 Å². The summed E-state index contributed by atoms with van der Waals surface area (Å²) in [4.78, 5) is 1.35. The molecule has 0 radical (unpaired) electrons. The number of para-hydroxylation sites is 1. The third-order valence-corrected chi connectivity index (χ3v) is 4.82. The highest BCUT2D eigenvalue weighted by atomic mass is 32.2. The molecule has 15 heavy (non-hydrogen) atoms. The van der Waals surface area contributed by atoms with Crippen LogP contribution in [0.3, 0.4) is 0 Å². The molecule has 0 bridgehead atoms. The molecule has 1 nitrogen and oxygen atoms in total.